The highest BCUT2D eigenvalue weighted by atomic mass is 32.1. The monoisotopic (exact) mass is 197 g/mol. The molecule has 2 nitrogen and oxygen atoms in total. The molecule has 0 unspecified atom stereocenters. The smallest absolute Gasteiger partial charge is 0.0813 e. The normalized spacial score (nSPS) is 23.2. The molecule has 1 atom stereocenters. The molecule has 0 aliphatic carbocycles. The maximum Gasteiger partial charge on any atom is 0.0813 e. The Morgan fingerprint density at radius 2 is 2.62 bits per heavy atom. The van der Waals surface area contributed by atoms with Gasteiger partial charge in [0.05, 0.1) is 12.7 Å². The van der Waals surface area contributed by atoms with Crippen LogP contribution in [0.2, 0.25) is 0 Å². The molecular formula is C10H15NOS. The molecule has 0 radical (unpaired) electrons. The van der Waals surface area contributed by atoms with Crippen molar-refractivity contribution in [3.63, 3.8) is 0 Å². The van der Waals surface area contributed by atoms with Crippen LogP contribution in [-0.2, 0) is 11.3 Å². The van der Waals surface area contributed by atoms with Crippen LogP contribution >= 0.6 is 11.3 Å². The lowest BCUT2D eigenvalue weighted by atomic mass is 10.1. The van der Waals surface area contributed by atoms with Crippen LogP contribution in [0, 0.1) is 0 Å². The number of thiophene rings is 1. The van der Waals surface area contributed by atoms with Gasteiger partial charge in [-0.15, -0.1) is 11.3 Å². The summed E-state index contributed by atoms with van der Waals surface area (Å²) in [4.78, 5) is 1.32. The summed E-state index contributed by atoms with van der Waals surface area (Å²) in [5.74, 6) is 0. The first-order chi connectivity index (χ1) is 6.45. The lowest BCUT2D eigenvalue weighted by molar-refractivity contribution is 0.0267. The van der Waals surface area contributed by atoms with Crippen LogP contribution in [0.25, 0.3) is 0 Å². The SMILES string of the molecule is c1csc(CO[C@H]2CCCNC2)c1. The zero-order valence-corrected chi connectivity index (χ0v) is 8.48. The van der Waals surface area contributed by atoms with Crippen LogP contribution in [0.5, 0.6) is 0 Å². The Morgan fingerprint density at radius 1 is 1.62 bits per heavy atom. The van der Waals surface area contributed by atoms with E-state index < -0.39 is 0 Å². The fourth-order valence-electron chi connectivity index (χ4n) is 1.56. The Morgan fingerprint density at radius 3 is 3.31 bits per heavy atom. The van der Waals surface area contributed by atoms with E-state index in [1.165, 1.54) is 17.7 Å². The quantitative estimate of drug-likeness (QED) is 0.800. The maximum atomic E-state index is 5.78. The number of ether oxygens (including phenoxy) is 1. The first-order valence-corrected chi connectivity index (χ1v) is 5.68. The zero-order chi connectivity index (χ0) is 8.93. The van der Waals surface area contributed by atoms with E-state index in [1.807, 2.05) is 0 Å². The van der Waals surface area contributed by atoms with Crippen molar-refractivity contribution in [2.24, 2.45) is 0 Å². The van der Waals surface area contributed by atoms with Crippen LogP contribution in [-0.4, -0.2) is 19.2 Å². The van der Waals surface area contributed by atoms with E-state index in [0.29, 0.717) is 6.10 Å². The van der Waals surface area contributed by atoms with Gasteiger partial charge in [-0.3, -0.25) is 0 Å². The molecule has 0 aromatic carbocycles. The van der Waals surface area contributed by atoms with Crippen LogP contribution in [0.15, 0.2) is 17.5 Å². The molecule has 0 bridgehead atoms. The standard InChI is InChI=1S/C10H15NOS/c1-3-9(7-11-5-1)12-8-10-4-2-6-13-10/h2,4,6,9,11H,1,3,5,7-8H2/t9-/m0/s1. The Balaban J connectivity index is 1.72. The third kappa shape index (κ3) is 2.79. The molecule has 1 fully saturated rings. The molecule has 72 valence electrons. The van der Waals surface area contributed by atoms with Crippen molar-refractivity contribution in [3.05, 3.63) is 22.4 Å². The van der Waals surface area contributed by atoms with Crippen LogP contribution < -0.4 is 5.32 Å². The molecule has 0 spiro atoms. The van der Waals surface area contributed by atoms with E-state index in [9.17, 15) is 0 Å². The summed E-state index contributed by atoms with van der Waals surface area (Å²) in [6.07, 6.45) is 2.88. The predicted molar refractivity (Wildman–Crippen MR) is 55.0 cm³/mol. The van der Waals surface area contributed by atoms with Gasteiger partial charge >= 0.3 is 0 Å². The first-order valence-electron chi connectivity index (χ1n) is 4.80. The third-order valence-electron chi connectivity index (χ3n) is 2.29. The van der Waals surface area contributed by atoms with E-state index in [-0.39, 0.29) is 0 Å². The topological polar surface area (TPSA) is 21.3 Å². The molecule has 2 rings (SSSR count). The molecule has 1 aromatic heterocycles. The molecule has 1 aliphatic rings. The van der Waals surface area contributed by atoms with Crippen molar-refractivity contribution in [2.45, 2.75) is 25.6 Å². The minimum absolute atomic E-state index is 0.427. The maximum absolute atomic E-state index is 5.78. The fraction of sp³-hybridized carbons (Fsp3) is 0.600. The van der Waals surface area contributed by atoms with Gasteiger partial charge in [0.1, 0.15) is 0 Å². The summed E-state index contributed by atoms with van der Waals surface area (Å²) in [5.41, 5.74) is 0. The molecular weight excluding hydrogens is 182 g/mol. The van der Waals surface area contributed by atoms with Crippen molar-refractivity contribution < 1.29 is 4.74 Å². The van der Waals surface area contributed by atoms with Gasteiger partial charge in [-0.1, -0.05) is 6.07 Å². The van der Waals surface area contributed by atoms with Crippen LogP contribution in [0.4, 0.5) is 0 Å². The number of hydrogen-bond donors (Lipinski definition) is 1. The molecule has 1 aliphatic heterocycles. The van der Waals surface area contributed by atoms with Crippen molar-refractivity contribution in [1.82, 2.24) is 5.32 Å². The van der Waals surface area contributed by atoms with Gasteiger partial charge in [-0.05, 0) is 30.8 Å². The van der Waals surface area contributed by atoms with Crippen molar-refractivity contribution in [1.29, 1.82) is 0 Å². The number of nitrogens with one attached hydrogen (secondary N) is 1. The minimum Gasteiger partial charge on any atom is -0.371 e. The molecule has 0 saturated carbocycles. The highest BCUT2D eigenvalue weighted by Gasteiger charge is 2.12. The minimum atomic E-state index is 0.427. The van der Waals surface area contributed by atoms with Crippen LogP contribution in [0.1, 0.15) is 17.7 Å². The van der Waals surface area contributed by atoms with Gasteiger partial charge in [0.2, 0.25) is 0 Å². The van der Waals surface area contributed by atoms with E-state index in [1.54, 1.807) is 11.3 Å². The second-order valence-corrected chi connectivity index (χ2v) is 4.39. The summed E-state index contributed by atoms with van der Waals surface area (Å²) >= 11 is 1.77. The summed E-state index contributed by atoms with van der Waals surface area (Å²) in [7, 11) is 0. The van der Waals surface area contributed by atoms with Crippen LogP contribution in [0.3, 0.4) is 0 Å². The van der Waals surface area contributed by atoms with Gasteiger partial charge < -0.3 is 10.1 Å². The molecule has 2 heterocycles. The highest BCUT2D eigenvalue weighted by molar-refractivity contribution is 7.09. The summed E-state index contributed by atoms with van der Waals surface area (Å²) < 4.78 is 5.78. The largest absolute Gasteiger partial charge is 0.371 e. The van der Waals surface area contributed by atoms with Crippen molar-refractivity contribution in [2.75, 3.05) is 13.1 Å². The lowest BCUT2D eigenvalue weighted by Crippen LogP contribution is -2.35. The first kappa shape index (κ1) is 9.19. The lowest BCUT2D eigenvalue weighted by Gasteiger charge is -2.22. The second kappa shape index (κ2) is 4.74. The van der Waals surface area contributed by atoms with Crippen molar-refractivity contribution >= 4 is 11.3 Å². The van der Waals surface area contributed by atoms with E-state index in [0.717, 1.165) is 19.7 Å². The van der Waals surface area contributed by atoms with E-state index in [4.69, 9.17) is 4.74 Å². The van der Waals surface area contributed by atoms with E-state index in [2.05, 4.69) is 22.8 Å². The van der Waals surface area contributed by atoms with Gasteiger partial charge in [0, 0.05) is 11.4 Å². The van der Waals surface area contributed by atoms with Gasteiger partial charge in [0.25, 0.3) is 0 Å². The van der Waals surface area contributed by atoms with E-state index >= 15 is 0 Å². The summed E-state index contributed by atoms with van der Waals surface area (Å²) in [6, 6.07) is 4.20. The predicted octanol–water partition coefficient (Wildman–Crippen LogP) is 2.02. The Kier molecular flexibility index (Phi) is 3.35. The number of piperidine rings is 1. The number of hydrogen-bond acceptors (Lipinski definition) is 3. The zero-order valence-electron chi connectivity index (χ0n) is 7.66. The third-order valence-corrected chi connectivity index (χ3v) is 3.14. The molecule has 0 amide bonds. The van der Waals surface area contributed by atoms with Crippen molar-refractivity contribution in [3.8, 4) is 0 Å². The second-order valence-electron chi connectivity index (χ2n) is 3.36. The number of rotatable bonds is 3. The molecule has 1 N–H and O–H groups in total. The van der Waals surface area contributed by atoms with Gasteiger partial charge in [-0.2, -0.15) is 0 Å². The van der Waals surface area contributed by atoms with Gasteiger partial charge in [0.15, 0.2) is 0 Å². The average molecular weight is 197 g/mol. The molecule has 1 saturated heterocycles. The molecule has 3 heteroatoms. The fourth-order valence-corrected chi connectivity index (χ4v) is 2.18. The van der Waals surface area contributed by atoms with Gasteiger partial charge in [-0.25, -0.2) is 0 Å². The highest BCUT2D eigenvalue weighted by Crippen LogP contribution is 2.13. The summed E-state index contributed by atoms with van der Waals surface area (Å²) in [5, 5.41) is 5.44. The summed E-state index contributed by atoms with van der Waals surface area (Å²) in [6.45, 7) is 2.95. The molecule has 13 heavy (non-hydrogen) atoms. The molecule has 1 aromatic rings. The Bertz CT molecular complexity index is 229. The Labute approximate surface area is 82.9 Å². The average Bonchev–Trinajstić information content (AvgIpc) is 2.69. The Hall–Kier alpha value is -0.380.